The monoisotopic (exact) mass is 394 g/mol. The number of benzene rings is 2. The Morgan fingerprint density at radius 1 is 1.30 bits per heavy atom. The molecule has 3 rings (SSSR count). The number of imidazole rings is 1. The normalized spacial score (nSPS) is 12.9. The number of nitrogens with zero attached hydrogens (tertiary/aromatic N) is 4. The molecule has 0 amide bonds. The summed E-state index contributed by atoms with van der Waals surface area (Å²) in [7, 11) is 1.73. The van der Waals surface area contributed by atoms with Crippen LogP contribution in [0.15, 0.2) is 42.5 Å². The lowest BCUT2D eigenvalue weighted by Gasteiger charge is -2.25. The smallest absolute Gasteiger partial charge is 0.292 e. The van der Waals surface area contributed by atoms with Gasteiger partial charge in [-0.15, -0.1) is 0 Å². The van der Waals surface area contributed by atoms with Gasteiger partial charge >= 0.3 is 6.55 Å². The van der Waals surface area contributed by atoms with E-state index in [9.17, 15) is 18.9 Å². The van der Waals surface area contributed by atoms with E-state index >= 15 is 0 Å². The van der Waals surface area contributed by atoms with Gasteiger partial charge in [-0.1, -0.05) is 23.7 Å². The highest BCUT2D eigenvalue weighted by Gasteiger charge is 2.25. The summed E-state index contributed by atoms with van der Waals surface area (Å²) in [6.45, 7) is -0.732. The summed E-state index contributed by atoms with van der Waals surface area (Å²) in [5.41, 5.74) is 1.31. The minimum atomic E-state index is -2.73. The summed E-state index contributed by atoms with van der Waals surface area (Å²) < 4.78 is 28.2. The highest BCUT2D eigenvalue weighted by molar-refractivity contribution is 6.31. The van der Waals surface area contributed by atoms with Gasteiger partial charge in [0.1, 0.15) is 5.82 Å². The van der Waals surface area contributed by atoms with Crippen molar-refractivity contribution in [3.05, 3.63) is 69.0 Å². The highest BCUT2D eigenvalue weighted by atomic mass is 35.5. The van der Waals surface area contributed by atoms with E-state index in [1.54, 1.807) is 43.1 Å². The average molecular weight is 395 g/mol. The fraction of sp³-hybridized carbons (Fsp3) is 0.278. The Morgan fingerprint density at radius 2 is 2.00 bits per heavy atom. The number of rotatable bonds is 6. The molecule has 1 unspecified atom stereocenters. The largest absolute Gasteiger partial charge is 0.320 e. The van der Waals surface area contributed by atoms with Crippen LogP contribution in [-0.4, -0.2) is 26.4 Å². The first-order valence-electron chi connectivity index (χ1n) is 8.17. The van der Waals surface area contributed by atoms with Crippen LogP contribution in [0.3, 0.4) is 0 Å². The summed E-state index contributed by atoms with van der Waals surface area (Å²) in [5, 5.41) is 11.4. The first kappa shape index (κ1) is 19.2. The highest BCUT2D eigenvalue weighted by Crippen LogP contribution is 2.31. The van der Waals surface area contributed by atoms with E-state index in [0.29, 0.717) is 21.6 Å². The Labute approximate surface area is 159 Å². The lowest BCUT2D eigenvalue weighted by Crippen LogP contribution is -2.25. The molecule has 9 heteroatoms. The summed E-state index contributed by atoms with van der Waals surface area (Å²) in [6, 6.07) is 10.4. The summed E-state index contributed by atoms with van der Waals surface area (Å²) in [5.74, 6) is 0.218. The Kier molecular flexibility index (Phi) is 5.38. The van der Waals surface area contributed by atoms with Gasteiger partial charge in [-0.3, -0.25) is 19.6 Å². The van der Waals surface area contributed by atoms with E-state index in [-0.39, 0.29) is 18.1 Å². The van der Waals surface area contributed by atoms with Crippen LogP contribution in [0, 0.1) is 10.1 Å². The predicted octanol–water partition coefficient (Wildman–Crippen LogP) is 5.19. The van der Waals surface area contributed by atoms with Crippen molar-refractivity contribution in [1.29, 1.82) is 0 Å². The van der Waals surface area contributed by atoms with E-state index in [0.717, 1.165) is 4.57 Å². The van der Waals surface area contributed by atoms with Crippen molar-refractivity contribution >= 4 is 28.3 Å². The number of hydrogen-bond donors (Lipinski definition) is 0. The molecule has 6 nitrogen and oxygen atoms in total. The lowest BCUT2D eigenvalue weighted by molar-refractivity contribution is -0.384. The fourth-order valence-corrected chi connectivity index (χ4v) is 3.14. The number of para-hydroxylation sites is 2. The molecule has 0 bridgehead atoms. The third-order valence-corrected chi connectivity index (χ3v) is 4.88. The summed E-state index contributed by atoms with van der Waals surface area (Å²) >= 11 is 6.15. The molecule has 0 saturated carbocycles. The standard InChI is InChI=1S/C18H17ClF2N4O2/c1-11(17-22-15-5-3-4-6-16(15)24(17)18(20)21)23(2)10-12-9-13(25(26)27)7-8-14(12)19/h3-9,11,18H,10H2,1-2H3. The maximum Gasteiger partial charge on any atom is 0.320 e. The quantitative estimate of drug-likeness (QED) is 0.426. The zero-order chi connectivity index (χ0) is 19.7. The van der Waals surface area contributed by atoms with Gasteiger partial charge in [-0.05, 0) is 37.7 Å². The second-order valence-corrected chi connectivity index (χ2v) is 6.64. The Balaban J connectivity index is 1.94. The van der Waals surface area contributed by atoms with Gasteiger partial charge in [-0.2, -0.15) is 8.78 Å². The Hall–Kier alpha value is -2.58. The van der Waals surface area contributed by atoms with Crippen molar-refractivity contribution in [3.63, 3.8) is 0 Å². The number of nitro benzene ring substituents is 1. The predicted molar refractivity (Wildman–Crippen MR) is 99.0 cm³/mol. The third-order valence-electron chi connectivity index (χ3n) is 4.51. The number of nitro groups is 1. The number of halogens is 3. The number of aromatic nitrogens is 2. The number of fused-ring (bicyclic) bond motifs is 1. The zero-order valence-corrected chi connectivity index (χ0v) is 15.4. The number of non-ortho nitro benzene ring substituents is 1. The second-order valence-electron chi connectivity index (χ2n) is 6.23. The molecule has 1 atom stereocenters. The van der Waals surface area contributed by atoms with Gasteiger partial charge in [-0.25, -0.2) is 4.98 Å². The first-order valence-corrected chi connectivity index (χ1v) is 8.55. The van der Waals surface area contributed by atoms with Crippen molar-refractivity contribution in [2.45, 2.75) is 26.1 Å². The van der Waals surface area contributed by atoms with Crippen molar-refractivity contribution in [2.24, 2.45) is 0 Å². The van der Waals surface area contributed by atoms with Crippen LogP contribution in [-0.2, 0) is 6.54 Å². The van der Waals surface area contributed by atoms with Gasteiger partial charge in [0.05, 0.1) is 22.0 Å². The van der Waals surface area contributed by atoms with Gasteiger partial charge in [0.2, 0.25) is 0 Å². The molecule has 0 saturated heterocycles. The van der Waals surface area contributed by atoms with Crippen LogP contribution < -0.4 is 0 Å². The third kappa shape index (κ3) is 3.77. The number of hydrogen-bond acceptors (Lipinski definition) is 4. The summed E-state index contributed by atoms with van der Waals surface area (Å²) in [4.78, 5) is 16.6. The van der Waals surface area contributed by atoms with Gasteiger partial charge in [0.25, 0.3) is 5.69 Å². The molecule has 0 radical (unpaired) electrons. The topological polar surface area (TPSA) is 64.2 Å². The minimum absolute atomic E-state index is 0.0738. The van der Waals surface area contributed by atoms with Crippen molar-refractivity contribution < 1.29 is 13.7 Å². The van der Waals surface area contributed by atoms with E-state index in [2.05, 4.69) is 4.98 Å². The first-order chi connectivity index (χ1) is 12.8. The van der Waals surface area contributed by atoms with E-state index in [1.807, 2.05) is 0 Å². The molecule has 0 aliphatic carbocycles. The van der Waals surface area contributed by atoms with Crippen LogP contribution >= 0.6 is 11.6 Å². The van der Waals surface area contributed by atoms with E-state index in [4.69, 9.17) is 11.6 Å². The molecule has 0 spiro atoms. The van der Waals surface area contributed by atoms with Gasteiger partial charge in [0.15, 0.2) is 0 Å². The molecular weight excluding hydrogens is 378 g/mol. The van der Waals surface area contributed by atoms with Crippen LogP contribution in [0.25, 0.3) is 11.0 Å². The van der Waals surface area contributed by atoms with Crippen LogP contribution in [0.4, 0.5) is 14.5 Å². The Morgan fingerprint density at radius 3 is 2.67 bits per heavy atom. The molecule has 2 aromatic carbocycles. The summed E-state index contributed by atoms with van der Waals surface area (Å²) in [6.07, 6.45) is 0. The van der Waals surface area contributed by atoms with Gasteiger partial charge in [0, 0.05) is 23.7 Å². The van der Waals surface area contributed by atoms with Crippen LogP contribution in [0.5, 0.6) is 0 Å². The van der Waals surface area contributed by atoms with Crippen LogP contribution in [0.2, 0.25) is 5.02 Å². The molecule has 1 heterocycles. The van der Waals surface area contributed by atoms with Crippen molar-refractivity contribution in [1.82, 2.24) is 14.5 Å². The molecule has 0 N–H and O–H groups in total. The maximum absolute atomic E-state index is 13.7. The molecule has 142 valence electrons. The van der Waals surface area contributed by atoms with Crippen molar-refractivity contribution in [3.8, 4) is 0 Å². The lowest BCUT2D eigenvalue weighted by atomic mass is 10.1. The van der Waals surface area contributed by atoms with E-state index in [1.165, 1.54) is 18.2 Å². The van der Waals surface area contributed by atoms with Crippen molar-refractivity contribution in [2.75, 3.05) is 7.05 Å². The average Bonchev–Trinajstić information content (AvgIpc) is 3.02. The number of alkyl halides is 2. The molecule has 0 fully saturated rings. The maximum atomic E-state index is 13.7. The van der Waals surface area contributed by atoms with Crippen LogP contribution in [0.1, 0.15) is 30.9 Å². The molecule has 0 aliphatic rings. The molecule has 1 aromatic heterocycles. The SMILES string of the molecule is CC(c1nc2ccccc2n1C(F)F)N(C)Cc1cc([N+](=O)[O-])ccc1Cl. The zero-order valence-electron chi connectivity index (χ0n) is 14.6. The minimum Gasteiger partial charge on any atom is -0.292 e. The molecule has 3 aromatic rings. The van der Waals surface area contributed by atoms with Gasteiger partial charge < -0.3 is 0 Å². The Bertz CT molecular complexity index is 993. The molecule has 27 heavy (non-hydrogen) atoms. The van der Waals surface area contributed by atoms with E-state index < -0.39 is 17.5 Å². The molecular formula is C18H17ClF2N4O2. The molecule has 0 aliphatic heterocycles. The second kappa shape index (κ2) is 7.58. The fourth-order valence-electron chi connectivity index (χ4n) is 2.96.